The molecule has 0 amide bonds. The maximum Gasteiger partial charge on any atom is 2.00 e. The van der Waals surface area contributed by atoms with Gasteiger partial charge >= 0.3 is 21.7 Å². The number of benzene rings is 4. The molecule has 0 unspecified atom stereocenters. The Morgan fingerprint density at radius 2 is 1.10 bits per heavy atom. The molecule has 0 saturated carbocycles. The fourth-order valence-electron chi connectivity index (χ4n) is 3.98. The molecule has 4 aromatic carbocycles. The number of thiophene rings is 1. The zero-order valence-corrected chi connectivity index (χ0v) is 20.2. The summed E-state index contributed by atoms with van der Waals surface area (Å²) in [6, 6.07) is 25.7. The summed E-state index contributed by atoms with van der Waals surface area (Å²) in [5.41, 5.74) is 2.64. The minimum absolute atomic E-state index is 0. The van der Waals surface area contributed by atoms with Gasteiger partial charge in [0.1, 0.15) is 11.5 Å². The third-order valence-corrected chi connectivity index (χ3v) is 6.06. The zero-order chi connectivity index (χ0) is 19.1. The normalized spacial score (nSPS) is 10.4. The monoisotopic (exact) mass is 500 g/mol. The molecule has 1 aromatic heterocycles. The number of hydrogen-bond donors (Lipinski definition) is 2. The fraction of sp³-hybridized carbons (Fsp3) is 0.0400. The van der Waals surface area contributed by atoms with E-state index in [2.05, 4.69) is 11.4 Å². The molecular formula is C25H18Cl2O2STi. The third kappa shape index (κ3) is 4.48. The Morgan fingerprint density at radius 3 is 1.55 bits per heavy atom. The van der Waals surface area contributed by atoms with E-state index in [0.29, 0.717) is 0 Å². The molecule has 0 aliphatic heterocycles. The minimum atomic E-state index is -0.250. The van der Waals surface area contributed by atoms with Gasteiger partial charge in [-0.25, -0.2) is 0 Å². The van der Waals surface area contributed by atoms with Crippen molar-refractivity contribution in [1.82, 2.24) is 0 Å². The van der Waals surface area contributed by atoms with Crippen molar-refractivity contribution in [3.63, 3.8) is 0 Å². The third-order valence-electron chi connectivity index (χ3n) is 5.36. The van der Waals surface area contributed by atoms with E-state index in [4.69, 9.17) is 0 Å². The van der Waals surface area contributed by atoms with Crippen LogP contribution in [0.25, 0.3) is 21.5 Å². The van der Waals surface area contributed by atoms with E-state index in [1.807, 2.05) is 78.2 Å². The van der Waals surface area contributed by atoms with Crippen molar-refractivity contribution >= 4 is 32.9 Å². The molecule has 0 fully saturated rings. The van der Waals surface area contributed by atoms with Crippen LogP contribution in [0.1, 0.15) is 22.6 Å². The van der Waals surface area contributed by atoms with Gasteiger partial charge in [-0.3, -0.25) is 0 Å². The van der Waals surface area contributed by atoms with Crippen LogP contribution in [0.4, 0.5) is 0 Å². The van der Waals surface area contributed by atoms with Gasteiger partial charge in [0, 0.05) is 27.8 Å². The Morgan fingerprint density at radius 1 is 0.613 bits per heavy atom. The molecule has 5 aromatic rings. The van der Waals surface area contributed by atoms with Crippen LogP contribution in [0, 0.1) is 0 Å². The number of fused-ring (bicyclic) bond motifs is 2. The van der Waals surface area contributed by atoms with Crippen molar-refractivity contribution in [2.75, 3.05) is 0 Å². The van der Waals surface area contributed by atoms with Gasteiger partial charge in [0.2, 0.25) is 0 Å². The van der Waals surface area contributed by atoms with Gasteiger partial charge < -0.3 is 35.0 Å². The van der Waals surface area contributed by atoms with Gasteiger partial charge in [-0.1, -0.05) is 72.8 Å². The molecule has 31 heavy (non-hydrogen) atoms. The van der Waals surface area contributed by atoms with Crippen LogP contribution in [0.3, 0.4) is 0 Å². The average Bonchev–Trinajstić information content (AvgIpc) is 3.26. The molecule has 0 aliphatic rings. The molecule has 0 saturated heterocycles. The maximum absolute atomic E-state index is 11.1. The van der Waals surface area contributed by atoms with Crippen LogP contribution in [0.15, 0.2) is 89.6 Å². The summed E-state index contributed by atoms with van der Waals surface area (Å²) in [4.78, 5) is 0. The van der Waals surface area contributed by atoms with E-state index >= 15 is 0 Å². The standard InChI is InChI=1S/C25H18O2S.2ClH.Ti/c26-24-19-7-3-1-5-16(19)9-11-21(24)23(18-13-14-28-15-18)22-12-10-17-6-2-4-8-20(17)25(22)27;;;/h1-15,23,26-27H;2*1H;/q;;;+2/p-2. The maximum atomic E-state index is 11.1. The van der Waals surface area contributed by atoms with Crippen LogP contribution in [0.5, 0.6) is 11.5 Å². The number of phenolic OH excluding ortho intramolecular Hbond substituents is 2. The molecule has 0 aliphatic carbocycles. The van der Waals surface area contributed by atoms with E-state index in [-0.39, 0.29) is 63.9 Å². The molecule has 154 valence electrons. The predicted octanol–water partition coefficient (Wildman–Crippen LogP) is 0.651. The van der Waals surface area contributed by atoms with Crippen molar-refractivity contribution in [2.24, 2.45) is 0 Å². The van der Waals surface area contributed by atoms with Crippen LogP contribution >= 0.6 is 11.3 Å². The van der Waals surface area contributed by atoms with Crippen molar-refractivity contribution in [2.45, 2.75) is 5.92 Å². The van der Waals surface area contributed by atoms with Crippen molar-refractivity contribution < 1.29 is 56.7 Å². The van der Waals surface area contributed by atoms with Gasteiger partial charge in [-0.2, -0.15) is 11.3 Å². The second kappa shape index (κ2) is 10.5. The first-order valence-corrected chi connectivity index (χ1v) is 10.1. The summed E-state index contributed by atoms with van der Waals surface area (Å²) < 4.78 is 0. The van der Waals surface area contributed by atoms with Gasteiger partial charge in [-0.05, 0) is 33.2 Å². The second-order valence-electron chi connectivity index (χ2n) is 6.94. The summed E-state index contributed by atoms with van der Waals surface area (Å²) >= 11 is 1.61. The Bertz CT molecular complexity index is 1220. The Hall–Kier alpha value is -2.01. The molecule has 5 rings (SSSR count). The molecular weight excluding hydrogens is 483 g/mol. The van der Waals surface area contributed by atoms with Crippen LogP contribution in [0.2, 0.25) is 0 Å². The van der Waals surface area contributed by atoms with Crippen LogP contribution in [-0.2, 0) is 21.7 Å². The second-order valence-corrected chi connectivity index (χ2v) is 7.72. The summed E-state index contributed by atoms with van der Waals surface area (Å²) in [5, 5.41) is 29.9. The van der Waals surface area contributed by atoms with E-state index in [1.165, 1.54) is 0 Å². The van der Waals surface area contributed by atoms with Crippen molar-refractivity contribution in [3.8, 4) is 11.5 Å². The van der Waals surface area contributed by atoms with E-state index in [9.17, 15) is 10.2 Å². The summed E-state index contributed by atoms with van der Waals surface area (Å²) in [7, 11) is 0. The molecule has 2 N–H and O–H groups in total. The number of rotatable bonds is 3. The largest absolute Gasteiger partial charge is 2.00 e. The van der Waals surface area contributed by atoms with Gasteiger partial charge in [0.25, 0.3) is 0 Å². The van der Waals surface area contributed by atoms with Crippen molar-refractivity contribution in [1.29, 1.82) is 0 Å². The Labute approximate surface area is 212 Å². The van der Waals surface area contributed by atoms with Crippen molar-refractivity contribution in [3.05, 3.63) is 106 Å². The first kappa shape index (κ1) is 25.3. The van der Waals surface area contributed by atoms with Crippen LogP contribution < -0.4 is 24.8 Å². The quantitative estimate of drug-likeness (QED) is 0.357. The van der Waals surface area contributed by atoms with E-state index in [0.717, 1.165) is 38.2 Å². The molecule has 0 radical (unpaired) electrons. The Kier molecular flexibility index (Phi) is 8.59. The number of phenols is 2. The zero-order valence-electron chi connectivity index (χ0n) is 16.3. The minimum Gasteiger partial charge on any atom is -1.00 e. The first-order chi connectivity index (χ1) is 13.7. The Balaban J connectivity index is 0.00000114. The van der Waals surface area contributed by atoms with Gasteiger partial charge in [-0.15, -0.1) is 0 Å². The number of aromatic hydroxyl groups is 2. The smallest absolute Gasteiger partial charge is 1.00 e. The molecule has 2 nitrogen and oxygen atoms in total. The molecule has 0 atom stereocenters. The molecule has 0 bridgehead atoms. The number of halogens is 2. The summed E-state index contributed by atoms with van der Waals surface area (Å²) in [6.45, 7) is 0. The summed E-state index contributed by atoms with van der Waals surface area (Å²) in [6.07, 6.45) is 0. The number of hydrogen-bond acceptors (Lipinski definition) is 3. The fourth-order valence-corrected chi connectivity index (χ4v) is 4.66. The average molecular weight is 501 g/mol. The molecule has 0 spiro atoms. The first-order valence-electron chi connectivity index (χ1n) is 9.17. The van der Waals surface area contributed by atoms with Gasteiger partial charge in [0.15, 0.2) is 0 Å². The van der Waals surface area contributed by atoms with E-state index in [1.54, 1.807) is 11.3 Å². The van der Waals surface area contributed by atoms with Crippen LogP contribution in [-0.4, -0.2) is 10.2 Å². The van der Waals surface area contributed by atoms with E-state index < -0.39 is 0 Å². The summed E-state index contributed by atoms with van der Waals surface area (Å²) in [5.74, 6) is 0.282. The molecule has 1 heterocycles. The topological polar surface area (TPSA) is 40.5 Å². The molecule has 6 heteroatoms. The predicted molar refractivity (Wildman–Crippen MR) is 116 cm³/mol. The van der Waals surface area contributed by atoms with Gasteiger partial charge in [0.05, 0.1) is 0 Å². The SMILES string of the molecule is Oc1c(C(c2ccsc2)c2ccc3ccccc3c2O)ccc2ccccc12.[Cl-].[Cl-].[Ti+2].